The van der Waals surface area contributed by atoms with E-state index in [0.29, 0.717) is 15.6 Å². The lowest BCUT2D eigenvalue weighted by Crippen LogP contribution is -2.27. The smallest absolute Gasteiger partial charge is 0.341 e. The van der Waals surface area contributed by atoms with Gasteiger partial charge in [-0.1, -0.05) is 23.7 Å². The van der Waals surface area contributed by atoms with Crippen molar-refractivity contribution in [3.8, 4) is 5.75 Å². The summed E-state index contributed by atoms with van der Waals surface area (Å²) in [6.45, 7) is -0.676. The topological polar surface area (TPSA) is 127 Å². The number of nitro groups is 1. The Balaban J connectivity index is 1.81. The van der Waals surface area contributed by atoms with E-state index in [4.69, 9.17) is 21.4 Å². The van der Waals surface area contributed by atoms with Gasteiger partial charge < -0.3 is 9.84 Å². The number of carbonyl (C=O) groups excluding carboxylic acids is 2. The van der Waals surface area contributed by atoms with Gasteiger partial charge >= 0.3 is 5.97 Å². The first kappa shape index (κ1) is 22.8. The van der Waals surface area contributed by atoms with Crippen LogP contribution in [0.25, 0.3) is 6.08 Å². The number of ether oxygens (including phenoxy) is 1. The summed E-state index contributed by atoms with van der Waals surface area (Å²) in [5, 5.41) is 19.3. The zero-order valence-corrected chi connectivity index (χ0v) is 18.6. The normalized spacial score (nSPS) is 14.9. The molecule has 0 bridgehead atoms. The molecule has 1 aliphatic heterocycles. The van der Waals surface area contributed by atoms with Crippen molar-refractivity contribution < 1.29 is 29.2 Å². The predicted molar refractivity (Wildman–Crippen MR) is 117 cm³/mol. The van der Waals surface area contributed by atoms with Crippen molar-refractivity contribution in [1.82, 2.24) is 4.90 Å². The van der Waals surface area contributed by atoms with Crippen LogP contribution in [0.15, 0.2) is 45.8 Å². The Morgan fingerprint density at radius 1 is 1.32 bits per heavy atom. The Hall–Kier alpha value is -2.89. The monoisotopic (exact) mass is 526 g/mol. The number of carboxylic acid groups (broad SMARTS) is 1. The van der Waals surface area contributed by atoms with Gasteiger partial charge in [-0.05, 0) is 57.0 Å². The summed E-state index contributed by atoms with van der Waals surface area (Å²) in [6.07, 6.45) is 1.47. The van der Waals surface area contributed by atoms with E-state index in [2.05, 4.69) is 15.9 Å². The number of hydrogen-bond acceptors (Lipinski definition) is 7. The SMILES string of the molecule is O=C(O)COc1c(Cl)cc(/C=C2/SC(=O)N(Cc3cccc([N+](=O)[O-])c3)C2=O)cc1Br. The first-order chi connectivity index (χ1) is 14.7. The number of non-ortho nitro benzene ring substituents is 1. The van der Waals surface area contributed by atoms with Crippen molar-refractivity contribution in [1.29, 1.82) is 0 Å². The highest BCUT2D eigenvalue weighted by Crippen LogP contribution is 2.38. The molecule has 0 aromatic heterocycles. The number of rotatable bonds is 7. The molecule has 0 spiro atoms. The maximum Gasteiger partial charge on any atom is 0.341 e. The van der Waals surface area contributed by atoms with Gasteiger partial charge in [0.05, 0.1) is 25.9 Å². The van der Waals surface area contributed by atoms with Crippen molar-refractivity contribution in [2.24, 2.45) is 0 Å². The maximum atomic E-state index is 12.7. The Labute approximate surface area is 192 Å². The average Bonchev–Trinajstić information content (AvgIpc) is 2.94. The lowest BCUT2D eigenvalue weighted by Gasteiger charge is -2.12. The van der Waals surface area contributed by atoms with Crippen LogP contribution in [0.4, 0.5) is 10.5 Å². The molecule has 1 fully saturated rings. The second-order valence-corrected chi connectivity index (χ2v) is 8.45. The van der Waals surface area contributed by atoms with Crippen molar-refractivity contribution in [2.45, 2.75) is 6.54 Å². The van der Waals surface area contributed by atoms with Crippen LogP contribution < -0.4 is 4.74 Å². The minimum Gasteiger partial charge on any atom is -0.479 e. The largest absolute Gasteiger partial charge is 0.479 e. The van der Waals surface area contributed by atoms with Crippen LogP contribution in [-0.4, -0.2) is 38.7 Å². The highest BCUT2D eigenvalue weighted by atomic mass is 79.9. The van der Waals surface area contributed by atoms with Crippen molar-refractivity contribution in [3.63, 3.8) is 0 Å². The van der Waals surface area contributed by atoms with Gasteiger partial charge in [-0.3, -0.25) is 24.6 Å². The molecule has 2 aromatic carbocycles. The second kappa shape index (κ2) is 9.50. The fourth-order valence-electron chi connectivity index (χ4n) is 2.67. The number of carboxylic acids is 1. The lowest BCUT2D eigenvalue weighted by atomic mass is 10.1. The number of amides is 2. The van der Waals surface area contributed by atoms with E-state index in [9.17, 15) is 24.5 Å². The molecule has 9 nitrogen and oxygen atoms in total. The van der Waals surface area contributed by atoms with E-state index in [-0.39, 0.29) is 27.9 Å². The molecule has 1 N–H and O–H groups in total. The Morgan fingerprint density at radius 3 is 2.71 bits per heavy atom. The van der Waals surface area contributed by atoms with Crippen LogP contribution in [0, 0.1) is 10.1 Å². The molecule has 1 heterocycles. The van der Waals surface area contributed by atoms with Crippen molar-refractivity contribution in [3.05, 3.63) is 72.0 Å². The number of imide groups is 1. The summed E-state index contributed by atoms with van der Waals surface area (Å²) in [4.78, 5) is 47.2. The van der Waals surface area contributed by atoms with Gasteiger partial charge in [0.15, 0.2) is 12.4 Å². The third-order valence-corrected chi connectivity index (χ3v) is 5.77. The van der Waals surface area contributed by atoms with Gasteiger partial charge in [-0.2, -0.15) is 0 Å². The number of aliphatic carboxylic acids is 1. The van der Waals surface area contributed by atoms with E-state index >= 15 is 0 Å². The van der Waals surface area contributed by atoms with Gasteiger partial charge in [-0.15, -0.1) is 0 Å². The van der Waals surface area contributed by atoms with Crippen LogP contribution in [-0.2, 0) is 16.1 Å². The number of carbonyl (C=O) groups is 3. The predicted octanol–water partition coefficient (Wildman–Crippen LogP) is 4.71. The first-order valence-electron chi connectivity index (χ1n) is 8.48. The molecular weight excluding hydrogens is 516 g/mol. The van der Waals surface area contributed by atoms with Crippen molar-refractivity contribution in [2.75, 3.05) is 6.61 Å². The quantitative estimate of drug-likeness (QED) is 0.311. The minimum atomic E-state index is -1.16. The zero-order chi connectivity index (χ0) is 22.7. The summed E-state index contributed by atoms with van der Waals surface area (Å²) in [6, 6.07) is 8.74. The van der Waals surface area contributed by atoms with Crippen molar-refractivity contribution >= 4 is 68.2 Å². The second-order valence-electron chi connectivity index (χ2n) is 6.19. The lowest BCUT2D eigenvalue weighted by molar-refractivity contribution is -0.384. The van der Waals surface area contributed by atoms with Gasteiger partial charge in [0, 0.05) is 12.1 Å². The van der Waals surface area contributed by atoms with Gasteiger partial charge in [-0.25, -0.2) is 4.79 Å². The zero-order valence-electron chi connectivity index (χ0n) is 15.4. The summed E-state index contributed by atoms with van der Waals surface area (Å²) in [5.74, 6) is -1.57. The average molecular weight is 528 g/mol. The van der Waals surface area contributed by atoms with E-state index in [0.717, 1.165) is 16.7 Å². The fraction of sp³-hybridized carbons (Fsp3) is 0.105. The standard InChI is InChI=1S/C19H12BrClN2O7S/c20-13-5-11(6-14(21)17(13)30-9-16(24)25)7-15-18(26)22(19(27)31-15)8-10-2-1-3-12(4-10)23(28)29/h1-7H,8-9H2,(H,24,25)/b15-7+. The molecule has 0 radical (unpaired) electrons. The number of nitro benzene ring substituents is 1. The Kier molecular flexibility index (Phi) is 6.98. The molecule has 1 saturated heterocycles. The minimum absolute atomic E-state index is 0.101. The van der Waals surface area contributed by atoms with E-state index in [1.807, 2.05) is 0 Å². The number of nitrogens with zero attached hydrogens (tertiary/aromatic N) is 2. The van der Waals surface area contributed by atoms with E-state index in [1.54, 1.807) is 12.1 Å². The summed E-state index contributed by atoms with van der Waals surface area (Å²) in [5.41, 5.74) is 0.800. The fourth-order valence-corrected chi connectivity index (χ4v) is 4.50. The molecule has 0 aliphatic carbocycles. The van der Waals surface area contributed by atoms with Crippen LogP contribution in [0.3, 0.4) is 0 Å². The molecule has 3 rings (SSSR count). The summed E-state index contributed by atoms with van der Waals surface area (Å²) in [7, 11) is 0. The molecule has 2 amide bonds. The molecule has 0 atom stereocenters. The molecule has 2 aromatic rings. The molecule has 160 valence electrons. The van der Waals surface area contributed by atoms with E-state index in [1.165, 1.54) is 30.3 Å². The van der Waals surface area contributed by atoms with Gasteiger partial charge in [0.2, 0.25) is 0 Å². The highest BCUT2D eigenvalue weighted by molar-refractivity contribution is 9.10. The van der Waals surface area contributed by atoms with Crippen LogP contribution >= 0.6 is 39.3 Å². The first-order valence-corrected chi connectivity index (χ1v) is 10.5. The molecule has 12 heteroatoms. The number of thioether (sulfide) groups is 1. The van der Waals surface area contributed by atoms with Gasteiger partial charge in [0.1, 0.15) is 0 Å². The Morgan fingerprint density at radius 2 is 2.06 bits per heavy atom. The highest BCUT2D eigenvalue weighted by Gasteiger charge is 2.35. The third-order valence-electron chi connectivity index (χ3n) is 3.99. The Bertz CT molecular complexity index is 1110. The summed E-state index contributed by atoms with van der Waals surface area (Å²) >= 11 is 10.1. The van der Waals surface area contributed by atoms with Crippen LogP contribution in [0.5, 0.6) is 5.75 Å². The number of hydrogen-bond donors (Lipinski definition) is 1. The summed E-state index contributed by atoms with van der Waals surface area (Å²) < 4.78 is 5.50. The molecule has 0 unspecified atom stereocenters. The van der Waals surface area contributed by atoms with Gasteiger partial charge in [0.25, 0.3) is 16.8 Å². The molecule has 1 aliphatic rings. The number of benzene rings is 2. The molecular formula is C19H12BrClN2O7S. The maximum absolute atomic E-state index is 12.7. The molecule has 0 saturated carbocycles. The number of halogens is 2. The van der Waals surface area contributed by atoms with Crippen LogP contribution in [0.2, 0.25) is 5.02 Å². The van der Waals surface area contributed by atoms with Crippen LogP contribution in [0.1, 0.15) is 11.1 Å². The molecule has 31 heavy (non-hydrogen) atoms. The van der Waals surface area contributed by atoms with E-state index < -0.39 is 28.6 Å². The third kappa shape index (κ3) is 5.43.